The molecule has 1 amide bonds. The molecule has 1 aliphatic heterocycles. The third-order valence-electron chi connectivity index (χ3n) is 5.64. The van der Waals surface area contributed by atoms with Crippen LogP contribution in [0, 0.1) is 12.7 Å². The van der Waals surface area contributed by atoms with Crippen molar-refractivity contribution in [2.24, 2.45) is 0 Å². The Morgan fingerprint density at radius 3 is 2.24 bits per heavy atom. The molecule has 2 aromatic carbocycles. The fraction of sp³-hybridized carbons (Fsp3) is 0.292. The summed E-state index contributed by atoms with van der Waals surface area (Å²) in [7, 11) is 0. The summed E-state index contributed by atoms with van der Waals surface area (Å²) in [5.41, 5.74) is 2.95. The highest BCUT2D eigenvalue weighted by Gasteiger charge is 2.25. The van der Waals surface area contributed by atoms with E-state index in [1.54, 1.807) is 12.1 Å². The molecule has 1 saturated heterocycles. The van der Waals surface area contributed by atoms with Crippen molar-refractivity contribution in [3.8, 4) is 0 Å². The van der Waals surface area contributed by atoms with Crippen molar-refractivity contribution in [2.45, 2.75) is 19.4 Å². The summed E-state index contributed by atoms with van der Waals surface area (Å²) in [6, 6.07) is 19.1. The molecule has 150 valence electrons. The van der Waals surface area contributed by atoms with Crippen LogP contribution >= 0.6 is 0 Å². The van der Waals surface area contributed by atoms with Crippen LogP contribution in [0.2, 0.25) is 0 Å². The van der Waals surface area contributed by atoms with Gasteiger partial charge in [0.25, 0.3) is 0 Å². The van der Waals surface area contributed by atoms with Gasteiger partial charge in [-0.2, -0.15) is 0 Å². The molecule has 1 aliphatic rings. The number of carbonyl (C=O) groups excluding carboxylic acids is 1. The van der Waals surface area contributed by atoms with Gasteiger partial charge in [-0.15, -0.1) is 0 Å². The second kappa shape index (κ2) is 8.52. The zero-order valence-corrected chi connectivity index (χ0v) is 16.7. The van der Waals surface area contributed by atoms with E-state index in [0.29, 0.717) is 38.3 Å². The maximum atomic E-state index is 14.1. The van der Waals surface area contributed by atoms with Crippen LogP contribution in [0.1, 0.15) is 23.6 Å². The van der Waals surface area contributed by atoms with Crippen LogP contribution in [-0.4, -0.2) is 41.6 Å². The largest absolute Gasteiger partial charge is 0.366 e. The van der Waals surface area contributed by atoms with E-state index in [2.05, 4.69) is 35.8 Å². The van der Waals surface area contributed by atoms with Gasteiger partial charge in [0.05, 0.1) is 18.2 Å². The Bertz CT molecular complexity index is 945. The van der Waals surface area contributed by atoms with Crippen LogP contribution < -0.4 is 4.90 Å². The second-order valence-corrected chi connectivity index (χ2v) is 7.58. The van der Waals surface area contributed by atoms with Gasteiger partial charge in [0.15, 0.2) is 0 Å². The fourth-order valence-electron chi connectivity index (χ4n) is 3.94. The molecule has 1 atom stereocenters. The Labute approximate surface area is 171 Å². The van der Waals surface area contributed by atoms with Crippen molar-refractivity contribution in [3.63, 3.8) is 0 Å². The number of halogens is 1. The number of aromatic nitrogens is 1. The molecule has 0 saturated carbocycles. The van der Waals surface area contributed by atoms with Gasteiger partial charge in [0, 0.05) is 38.6 Å². The topological polar surface area (TPSA) is 28.5 Å². The first kappa shape index (κ1) is 19.2. The average molecular weight is 391 g/mol. The molecule has 4 rings (SSSR count). The predicted molar refractivity (Wildman–Crippen MR) is 114 cm³/mol. The highest BCUT2D eigenvalue weighted by atomic mass is 19.1. The van der Waals surface area contributed by atoms with E-state index >= 15 is 0 Å². The number of carbonyl (C=O) groups is 1. The van der Waals surface area contributed by atoms with E-state index in [0.717, 1.165) is 5.56 Å². The Balaban J connectivity index is 1.44. The Kier molecular flexibility index (Phi) is 5.65. The van der Waals surface area contributed by atoms with Gasteiger partial charge in [-0.05, 0) is 36.8 Å². The molecular formula is C24H26FN3O. The lowest BCUT2D eigenvalue weighted by Gasteiger charge is -2.37. The minimum absolute atomic E-state index is 0.0253. The first-order valence-corrected chi connectivity index (χ1v) is 10.1. The van der Waals surface area contributed by atoms with Gasteiger partial charge < -0.3 is 14.4 Å². The molecule has 0 radical (unpaired) electrons. The van der Waals surface area contributed by atoms with Crippen LogP contribution in [-0.2, 0) is 4.79 Å². The molecule has 1 unspecified atom stereocenters. The molecule has 5 heteroatoms. The van der Waals surface area contributed by atoms with Crippen LogP contribution in [0.15, 0.2) is 73.1 Å². The Hall–Kier alpha value is -3.08. The summed E-state index contributed by atoms with van der Waals surface area (Å²) in [5.74, 6) is -0.0724. The maximum absolute atomic E-state index is 14.1. The fourth-order valence-corrected chi connectivity index (χ4v) is 3.94. The van der Waals surface area contributed by atoms with Crippen LogP contribution in [0.4, 0.5) is 10.1 Å². The molecule has 0 aliphatic carbocycles. The number of anilines is 1. The van der Waals surface area contributed by atoms with E-state index in [1.807, 2.05) is 40.4 Å². The molecule has 1 fully saturated rings. The lowest BCUT2D eigenvalue weighted by molar-refractivity contribution is -0.132. The smallest absolute Gasteiger partial charge is 0.225 e. The van der Waals surface area contributed by atoms with Gasteiger partial charge in [0.1, 0.15) is 5.82 Å². The second-order valence-electron chi connectivity index (χ2n) is 7.58. The van der Waals surface area contributed by atoms with Gasteiger partial charge in [-0.3, -0.25) is 4.79 Å². The van der Waals surface area contributed by atoms with Crippen LogP contribution in [0.25, 0.3) is 0 Å². The van der Waals surface area contributed by atoms with Crippen molar-refractivity contribution in [2.75, 3.05) is 31.1 Å². The summed E-state index contributed by atoms with van der Waals surface area (Å²) in [5, 5.41) is 0. The van der Waals surface area contributed by atoms with Crippen molar-refractivity contribution < 1.29 is 9.18 Å². The first-order chi connectivity index (χ1) is 14.1. The summed E-state index contributed by atoms with van der Waals surface area (Å²) >= 11 is 0. The lowest BCUT2D eigenvalue weighted by atomic mass is 10.0. The van der Waals surface area contributed by atoms with E-state index in [-0.39, 0.29) is 17.8 Å². The third kappa shape index (κ3) is 4.34. The zero-order chi connectivity index (χ0) is 20.2. The molecular weight excluding hydrogens is 365 g/mol. The van der Waals surface area contributed by atoms with Crippen molar-refractivity contribution >= 4 is 11.6 Å². The number of rotatable bonds is 5. The number of hydrogen-bond donors (Lipinski definition) is 0. The van der Waals surface area contributed by atoms with Gasteiger partial charge in [-0.25, -0.2) is 4.39 Å². The number of hydrogen-bond acceptors (Lipinski definition) is 2. The summed E-state index contributed by atoms with van der Waals surface area (Å²) in [6.07, 6.45) is 4.43. The molecule has 29 heavy (non-hydrogen) atoms. The average Bonchev–Trinajstić information content (AvgIpc) is 3.28. The molecule has 0 N–H and O–H groups in total. The van der Waals surface area contributed by atoms with Crippen LogP contribution in [0.5, 0.6) is 0 Å². The molecule has 3 aromatic rings. The number of benzene rings is 2. The molecule has 2 heterocycles. The maximum Gasteiger partial charge on any atom is 0.225 e. The predicted octanol–water partition coefficient (Wildman–Crippen LogP) is 4.26. The van der Waals surface area contributed by atoms with Crippen molar-refractivity contribution in [3.05, 3.63) is 90.0 Å². The van der Waals surface area contributed by atoms with Gasteiger partial charge in [-0.1, -0.05) is 42.0 Å². The SMILES string of the molecule is Cc1ccc(C(CC(=O)N2CCN(c3ccccc3F)CC2)n2cccc2)cc1. The van der Waals surface area contributed by atoms with Gasteiger partial charge >= 0.3 is 0 Å². The molecule has 0 spiro atoms. The highest BCUT2D eigenvalue weighted by molar-refractivity contribution is 5.77. The quantitative estimate of drug-likeness (QED) is 0.650. The number of aryl methyl sites for hydroxylation is 1. The standard InChI is InChI=1S/C24H26FN3O/c1-19-8-10-20(11-9-19)23(26-12-4-5-13-26)18-24(29)28-16-14-27(15-17-28)22-7-3-2-6-21(22)25/h2-13,23H,14-18H2,1H3. The normalized spacial score (nSPS) is 15.4. The lowest BCUT2D eigenvalue weighted by Crippen LogP contribution is -2.49. The molecule has 0 bridgehead atoms. The first-order valence-electron chi connectivity index (χ1n) is 10.1. The van der Waals surface area contributed by atoms with E-state index in [9.17, 15) is 9.18 Å². The Morgan fingerprint density at radius 1 is 0.931 bits per heavy atom. The van der Waals surface area contributed by atoms with Crippen molar-refractivity contribution in [1.82, 2.24) is 9.47 Å². The van der Waals surface area contributed by atoms with Crippen molar-refractivity contribution in [1.29, 1.82) is 0 Å². The van der Waals surface area contributed by atoms with E-state index in [1.165, 1.54) is 11.6 Å². The molecule has 1 aromatic heterocycles. The number of para-hydroxylation sites is 1. The Morgan fingerprint density at radius 2 is 1.59 bits per heavy atom. The van der Waals surface area contributed by atoms with E-state index in [4.69, 9.17) is 0 Å². The third-order valence-corrected chi connectivity index (χ3v) is 5.64. The number of nitrogens with zero attached hydrogens (tertiary/aromatic N) is 3. The summed E-state index contributed by atoms with van der Waals surface area (Å²) in [4.78, 5) is 17.0. The monoisotopic (exact) mass is 391 g/mol. The molecule has 4 nitrogen and oxygen atoms in total. The zero-order valence-electron chi connectivity index (χ0n) is 16.7. The van der Waals surface area contributed by atoms with E-state index < -0.39 is 0 Å². The van der Waals surface area contributed by atoms with Gasteiger partial charge in [0.2, 0.25) is 5.91 Å². The number of amides is 1. The summed E-state index contributed by atoms with van der Waals surface area (Å²) in [6.45, 7) is 4.57. The summed E-state index contributed by atoms with van der Waals surface area (Å²) < 4.78 is 16.1. The minimum Gasteiger partial charge on any atom is -0.366 e. The number of piperazine rings is 1. The minimum atomic E-state index is -0.209. The highest BCUT2D eigenvalue weighted by Crippen LogP contribution is 2.25. The van der Waals surface area contributed by atoms with Crippen LogP contribution in [0.3, 0.4) is 0 Å².